The molecule has 0 saturated heterocycles. The summed E-state index contributed by atoms with van der Waals surface area (Å²) in [6, 6.07) is 0. The number of carbonyl (C=O) groups is 4. The van der Waals surface area contributed by atoms with Crippen LogP contribution >= 0.6 is 0 Å². The highest BCUT2D eigenvalue weighted by molar-refractivity contribution is 5.71. The second-order valence-corrected chi connectivity index (χ2v) is 10.3. The third-order valence-electron chi connectivity index (χ3n) is 4.32. The van der Waals surface area contributed by atoms with Gasteiger partial charge in [0.1, 0.15) is 26.2 Å². The Kier molecular flexibility index (Phi) is 22.1. The summed E-state index contributed by atoms with van der Waals surface area (Å²) in [4.78, 5) is 43.4. The SMILES string of the molecule is C[NH2+]CC[N+](C)(C)C.C[NH2+]CC[N+](C)(C)C.O=C([O-])CN(CCN(CC(=O)[O-])CC(=O)[O-])CC(=O)[O-]. The first-order chi connectivity index (χ1) is 16.3. The maximum absolute atomic E-state index is 10.4. The van der Waals surface area contributed by atoms with Crippen molar-refractivity contribution in [3.8, 4) is 0 Å². The monoisotopic (exact) mass is 524 g/mol. The predicted octanol–water partition coefficient (Wildman–Crippen LogP) is -9.64. The minimum absolute atomic E-state index is 0.206. The van der Waals surface area contributed by atoms with Gasteiger partial charge in [-0.1, -0.05) is 0 Å². The number of aliphatic carboxylic acids is 4. The molecule has 0 aliphatic rings. The number of quaternary nitrogens is 4. The Morgan fingerprint density at radius 2 is 0.778 bits per heavy atom. The maximum Gasteiger partial charge on any atom is 0.128 e. The molecular weight excluding hydrogens is 476 g/mol. The van der Waals surface area contributed by atoms with Crippen LogP contribution in [0.3, 0.4) is 0 Å². The first kappa shape index (κ1) is 38.2. The van der Waals surface area contributed by atoms with E-state index in [2.05, 4.69) is 67.0 Å². The van der Waals surface area contributed by atoms with E-state index in [1.54, 1.807) is 0 Å². The quantitative estimate of drug-likeness (QED) is 0.172. The van der Waals surface area contributed by atoms with Crippen LogP contribution in [0, 0.1) is 0 Å². The van der Waals surface area contributed by atoms with E-state index in [0.717, 1.165) is 18.8 Å². The zero-order valence-corrected chi connectivity index (χ0v) is 23.3. The highest BCUT2D eigenvalue weighted by Crippen LogP contribution is 1.92. The van der Waals surface area contributed by atoms with Crippen molar-refractivity contribution in [3.05, 3.63) is 0 Å². The van der Waals surface area contributed by atoms with Crippen molar-refractivity contribution in [1.82, 2.24) is 9.80 Å². The number of rotatable bonds is 17. The minimum atomic E-state index is -1.53. The molecule has 14 nitrogen and oxygen atoms in total. The Bertz CT molecular complexity index is 549. The molecule has 0 radical (unpaired) electrons. The van der Waals surface area contributed by atoms with E-state index in [9.17, 15) is 39.6 Å². The second-order valence-electron chi connectivity index (χ2n) is 10.3. The standard InChI is InChI=1S/C10H16N2O8.2C6H17N2/c13-7(14)3-11(4-8(15)16)1-2-12(5-9(17)18)6-10(19)20;2*1-7-5-6-8(2,3)4/h1-6H2,(H,13,14)(H,15,16)(H,17,18)(H,19,20);2*7H,5-6H2,1-4H3/q;2*+1/p-2. The summed E-state index contributed by atoms with van der Waals surface area (Å²) >= 11 is 0. The van der Waals surface area contributed by atoms with Gasteiger partial charge in [0.15, 0.2) is 0 Å². The van der Waals surface area contributed by atoms with E-state index >= 15 is 0 Å². The van der Waals surface area contributed by atoms with E-state index in [0.29, 0.717) is 0 Å². The topological polar surface area (TPSA) is 200 Å². The summed E-state index contributed by atoms with van der Waals surface area (Å²) in [5, 5.41) is 46.0. The van der Waals surface area contributed by atoms with Crippen LogP contribution in [-0.2, 0) is 19.2 Å². The molecule has 0 aromatic heterocycles. The van der Waals surface area contributed by atoms with Gasteiger partial charge in [0.25, 0.3) is 0 Å². The van der Waals surface area contributed by atoms with Crippen molar-refractivity contribution in [2.24, 2.45) is 0 Å². The lowest BCUT2D eigenvalue weighted by molar-refractivity contribution is -0.883. The molecular formula is C22H48N6O8. The molecule has 4 N–H and O–H groups in total. The molecule has 0 rings (SSSR count). The molecule has 0 bridgehead atoms. The highest BCUT2D eigenvalue weighted by Gasteiger charge is 2.11. The molecule has 0 atom stereocenters. The average Bonchev–Trinajstić information content (AvgIpc) is 2.67. The van der Waals surface area contributed by atoms with Gasteiger partial charge in [0.2, 0.25) is 0 Å². The van der Waals surface area contributed by atoms with Crippen LogP contribution in [0.1, 0.15) is 0 Å². The Labute approximate surface area is 215 Å². The summed E-state index contributed by atoms with van der Waals surface area (Å²) in [5.74, 6) is -6.12. The van der Waals surface area contributed by atoms with Crippen LogP contribution in [-0.4, -0.2) is 164 Å². The molecule has 0 aliphatic carbocycles. The van der Waals surface area contributed by atoms with Gasteiger partial charge in [-0.15, -0.1) is 0 Å². The molecule has 36 heavy (non-hydrogen) atoms. The zero-order chi connectivity index (χ0) is 28.9. The van der Waals surface area contributed by atoms with Gasteiger partial charge < -0.3 is 59.2 Å². The highest BCUT2D eigenvalue weighted by atomic mass is 16.4. The lowest BCUT2D eigenvalue weighted by Gasteiger charge is -2.28. The molecule has 0 heterocycles. The minimum Gasteiger partial charge on any atom is -0.549 e. The maximum atomic E-state index is 10.4. The molecule has 0 aromatic rings. The lowest BCUT2D eigenvalue weighted by Crippen LogP contribution is -2.81. The Balaban J connectivity index is -0.000000557. The van der Waals surface area contributed by atoms with Crippen LogP contribution in [0.5, 0.6) is 0 Å². The fourth-order valence-electron chi connectivity index (χ4n) is 2.47. The second kappa shape index (κ2) is 20.8. The lowest BCUT2D eigenvalue weighted by atomic mass is 10.4. The van der Waals surface area contributed by atoms with E-state index in [1.807, 2.05) is 0 Å². The Morgan fingerprint density at radius 3 is 0.889 bits per heavy atom. The number of likely N-dealkylation sites (N-methyl/N-ethyl adjacent to an activating group) is 4. The normalized spacial score (nSPS) is 11.3. The van der Waals surface area contributed by atoms with Gasteiger partial charge in [-0.05, 0) is 0 Å². The molecule has 0 spiro atoms. The number of hydrogen-bond acceptors (Lipinski definition) is 10. The summed E-state index contributed by atoms with van der Waals surface area (Å²) in [7, 11) is 17.5. The van der Waals surface area contributed by atoms with E-state index in [4.69, 9.17) is 0 Å². The number of carboxylic acids is 4. The van der Waals surface area contributed by atoms with Gasteiger partial charge in [0.05, 0.1) is 80.3 Å². The molecule has 0 fully saturated rings. The predicted molar refractivity (Wildman–Crippen MR) is 124 cm³/mol. The van der Waals surface area contributed by atoms with Crippen molar-refractivity contribution in [2.45, 2.75) is 0 Å². The summed E-state index contributed by atoms with van der Waals surface area (Å²) in [5.41, 5.74) is 0. The van der Waals surface area contributed by atoms with Crippen molar-refractivity contribution in [1.29, 1.82) is 0 Å². The van der Waals surface area contributed by atoms with Gasteiger partial charge in [-0.25, -0.2) is 0 Å². The smallest absolute Gasteiger partial charge is 0.128 e. The van der Waals surface area contributed by atoms with Crippen LogP contribution in [0.25, 0.3) is 0 Å². The molecule has 0 unspecified atom stereocenters. The molecule has 0 saturated carbocycles. The number of carboxylic acid groups (broad SMARTS) is 4. The summed E-state index contributed by atoms with van der Waals surface area (Å²) in [6.07, 6.45) is 0. The molecule has 14 heteroatoms. The van der Waals surface area contributed by atoms with Gasteiger partial charge >= 0.3 is 0 Å². The average molecular weight is 525 g/mol. The Morgan fingerprint density at radius 1 is 0.556 bits per heavy atom. The van der Waals surface area contributed by atoms with Crippen LogP contribution in [0.4, 0.5) is 0 Å². The summed E-state index contributed by atoms with van der Waals surface area (Å²) in [6.45, 7) is 1.69. The van der Waals surface area contributed by atoms with Gasteiger partial charge in [-0.2, -0.15) is 0 Å². The molecule has 0 amide bonds. The zero-order valence-electron chi connectivity index (χ0n) is 23.3. The summed E-state index contributed by atoms with van der Waals surface area (Å²) < 4.78 is 2.15. The van der Waals surface area contributed by atoms with Crippen molar-refractivity contribution < 1.29 is 59.2 Å². The fraction of sp³-hybridized carbons (Fsp3) is 0.818. The van der Waals surface area contributed by atoms with Crippen molar-refractivity contribution in [3.63, 3.8) is 0 Å². The van der Waals surface area contributed by atoms with Crippen LogP contribution < -0.4 is 31.1 Å². The molecule has 0 aliphatic heterocycles. The van der Waals surface area contributed by atoms with E-state index in [1.165, 1.54) is 26.2 Å². The van der Waals surface area contributed by atoms with Crippen molar-refractivity contribution in [2.75, 3.05) is 122 Å². The molecule has 0 aromatic carbocycles. The van der Waals surface area contributed by atoms with Crippen molar-refractivity contribution >= 4 is 23.9 Å². The van der Waals surface area contributed by atoms with Crippen LogP contribution in [0.15, 0.2) is 0 Å². The third kappa shape index (κ3) is 36.2. The van der Waals surface area contributed by atoms with Gasteiger partial charge in [-0.3, -0.25) is 9.80 Å². The number of nitrogens with two attached hydrogens (primary N) is 2. The first-order valence-electron chi connectivity index (χ1n) is 11.7. The number of carbonyl (C=O) groups excluding carboxylic acids is 4. The fourth-order valence-corrected chi connectivity index (χ4v) is 2.47. The van der Waals surface area contributed by atoms with Gasteiger partial charge in [0, 0.05) is 39.3 Å². The van der Waals surface area contributed by atoms with E-state index < -0.39 is 50.1 Å². The third-order valence-corrected chi connectivity index (χ3v) is 4.32. The first-order valence-corrected chi connectivity index (χ1v) is 11.7. The number of hydrogen-bond donors (Lipinski definition) is 2. The van der Waals surface area contributed by atoms with Crippen LogP contribution in [0.2, 0.25) is 0 Å². The largest absolute Gasteiger partial charge is 0.549 e. The Hall–Kier alpha value is -2.36. The van der Waals surface area contributed by atoms with E-state index in [-0.39, 0.29) is 13.1 Å². The number of nitrogens with zero attached hydrogens (tertiary/aromatic N) is 4. The molecule has 214 valence electrons.